The van der Waals surface area contributed by atoms with Gasteiger partial charge in [-0.3, -0.25) is 4.90 Å². The van der Waals surface area contributed by atoms with Crippen molar-refractivity contribution in [2.24, 2.45) is 5.73 Å². The Morgan fingerprint density at radius 3 is 2.18 bits per heavy atom. The molecule has 0 amide bonds. The molecular weight excluding hydrogens is 214 g/mol. The van der Waals surface area contributed by atoms with E-state index in [1.54, 1.807) is 0 Å². The zero-order chi connectivity index (χ0) is 12.5. The molecule has 1 saturated heterocycles. The highest BCUT2D eigenvalue weighted by Crippen LogP contribution is 2.38. The van der Waals surface area contributed by atoms with Gasteiger partial charge in [-0.1, -0.05) is 0 Å². The molecule has 4 heteroatoms. The van der Waals surface area contributed by atoms with Crippen LogP contribution in [0, 0.1) is 0 Å². The van der Waals surface area contributed by atoms with Crippen LogP contribution in [0.2, 0.25) is 0 Å². The second kappa shape index (κ2) is 4.84. The van der Waals surface area contributed by atoms with Crippen molar-refractivity contribution in [3.05, 3.63) is 0 Å². The lowest BCUT2D eigenvalue weighted by molar-refractivity contribution is -0.0103. The number of likely N-dealkylation sites (N-methyl/N-ethyl adjacent to an activating group) is 2. The van der Waals surface area contributed by atoms with Gasteiger partial charge in [0.25, 0.3) is 0 Å². The Hall–Kier alpha value is -0.160. The summed E-state index contributed by atoms with van der Waals surface area (Å²) < 4.78 is 5.56. The molecule has 1 aliphatic carbocycles. The molecule has 17 heavy (non-hydrogen) atoms. The Bertz CT molecular complexity index is 257. The van der Waals surface area contributed by atoms with Gasteiger partial charge in [0.15, 0.2) is 0 Å². The van der Waals surface area contributed by atoms with Crippen molar-refractivity contribution < 1.29 is 4.74 Å². The molecule has 1 unspecified atom stereocenters. The van der Waals surface area contributed by atoms with E-state index in [1.165, 1.54) is 19.3 Å². The summed E-state index contributed by atoms with van der Waals surface area (Å²) in [7, 11) is 6.62. The molecule has 1 atom stereocenters. The van der Waals surface area contributed by atoms with E-state index >= 15 is 0 Å². The number of rotatable bonds is 5. The molecule has 1 saturated carbocycles. The van der Waals surface area contributed by atoms with E-state index in [1.807, 2.05) is 0 Å². The highest BCUT2D eigenvalue weighted by molar-refractivity contribution is 5.02. The summed E-state index contributed by atoms with van der Waals surface area (Å²) in [6.45, 7) is 3.47. The number of ether oxygens (including phenoxy) is 1. The van der Waals surface area contributed by atoms with Gasteiger partial charge in [0, 0.05) is 25.2 Å². The van der Waals surface area contributed by atoms with Crippen molar-refractivity contribution in [2.75, 3.05) is 47.4 Å². The molecule has 4 nitrogen and oxygen atoms in total. The SMILES string of the molecule is CN(C)C1(CN(C)C2(CN)CCOC2)CCC1. The molecule has 1 aliphatic heterocycles. The lowest BCUT2D eigenvalue weighted by Crippen LogP contribution is -2.62. The summed E-state index contributed by atoms with van der Waals surface area (Å²) in [5.41, 5.74) is 6.45. The van der Waals surface area contributed by atoms with E-state index in [2.05, 4.69) is 30.9 Å². The van der Waals surface area contributed by atoms with E-state index < -0.39 is 0 Å². The average molecular weight is 241 g/mol. The van der Waals surface area contributed by atoms with E-state index in [0.717, 1.165) is 26.2 Å². The summed E-state index contributed by atoms with van der Waals surface area (Å²) in [5, 5.41) is 0. The van der Waals surface area contributed by atoms with Crippen molar-refractivity contribution in [2.45, 2.75) is 36.8 Å². The first kappa shape index (κ1) is 13.3. The Labute approximate surface area is 105 Å². The van der Waals surface area contributed by atoms with Gasteiger partial charge < -0.3 is 15.4 Å². The molecular formula is C13H27N3O. The van der Waals surface area contributed by atoms with Crippen LogP contribution in [0.4, 0.5) is 0 Å². The monoisotopic (exact) mass is 241 g/mol. The Morgan fingerprint density at radius 2 is 1.82 bits per heavy atom. The molecule has 2 aliphatic rings. The van der Waals surface area contributed by atoms with Crippen LogP contribution in [0.3, 0.4) is 0 Å². The quantitative estimate of drug-likeness (QED) is 0.762. The van der Waals surface area contributed by atoms with Crippen LogP contribution in [-0.4, -0.2) is 68.3 Å². The molecule has 0 spiro atoms. The second-order valence-electron chi connectivity index (χ2n) is 6.06. The molecule has 2 fully saturated rings. The van der Waals surface area contributed by atoms with Crippen LogP contribution < -0.4 is 5.73 Å². The third-order valence-electron chi connectivity index (χ3n) is 5.04. The molecule has 100 valence electrons. The fourth-order valence-electron chi connectivity index (χ4n) is 3.16. The summed E-state index contributed by atoms with van der Waals surface area (Å²) in [4.78, 5) is 4.85. The highest BCUT2D eigenvalue weighted by atomic mass is 16.5. The predicted molar refractivity (Wildman–Crippen MR) is 70.1 cm³/mol. The maximum atomic E-state index is 5.99. The minimum Gasteiger partial charge on any atom is -0.379 e. The van der Waals surface area contributed by atoms with Gasteiger partial charge in [-0.05, 0) is 46.8 Å². The van der Waals surface area contributed by atoms with Crippen LogP contribution in [0.5, 0.6) is 0 Å². The molecule has 0 aromatic carbocycles. The number of hydrogen-bond acceptors (Lipinski definition) is 4. The standard InChI is InChI=1S/C13H27N3O/c1-15(2)12(5-4-6-12)10-16(3)13(9-14)7-8-17-11-13/h4-11,14H2,1-3H3. The average Bonchev–Trinajstić information content (AvgIpc) is 2.72. The lowest BCUT2D eigenvalue weighted by atomic mass is 9.74. The second-order valence-corrected chi connectivity index (χ2v) is 6.06. The minimum absolute atomic E-state index is 0.0819. The summed E-state index contributed by atoms with van der Waals surface area (Å²) in [6.07, 6.45) is 5.05. The van der Waals surface area contributed by atoms with Crippen molar-refractivity contribution in [1.29, 1.82) is 0 Å². The highest BCUT2D eigenvalue weighted by Gasteiger charge is 2.45. The zero-order valence-electron chi connectivity index (χ0n) is 11.5. The predicted octanol–water partition coefficient (Wildman–Crippen LogP) is 0.520. The summed E-state index contributed by atoms with van der Waals surface area (Å²) in [6, 6.07) is 0. The van der Waals surface area contributed by atoms with Crippen molar-refractivity contribution in [3.8, 4) is 0 Å². The first-order valence-electron chi connectivity index (χ1n) is 6.71. The molecule has 0 aromatic heterocycles. The lowest BCUT2D eigenvalue weighted by Gasteiger charge is -2.52. The molecule has 2 N–H and O–H groups in total. The third-order valence-corrected chi connectivity index (χ3v) is 5.04. The molecule has 0 bridgehead atoms. The van der Waals surface area contributed by atoms with Crippen LogP contribution in [0.25, 0.3) is 0 Å². The Morgan fingerprint density at radius 1 is 1.12 bits per heavy atom. The van der Waals surface area contributed by atoms with Gasteiger partial charge >= 0.3 is 0 Å². The normalized spacial score (nSPS) is 32.1. The molecule has 0 radical (unpaired) electrons. The van der Waals surface area contributed by atoms with Gasteiger partial charge in [0.1, 0.15) is 0 Å². The van der Waals surface area contributed by atoms with Gasteiger partial charge in [-0.2, -0.15) is 0 Å². The van der Waals surface area contributed by atoms with Gasteiger partial charge in [-0.15, -0.1) is 0 Å². The van der Waals surface area contributed by atoms with Crippen LogP contribution in [-0.2, 0) is 4.74 Å². The summed E-state index contributed by atoms with van der Waals surface area (Å²) >= 11 is 0. The van der Waals surface area contributed by atoms with Crippen LogP contribution >= 0.6 is 0 Å². The topological polar surface area (TPSA) is 41.7 Å². The Balaban J connectivity index is 2.02. The van der Waals surface area contributed by atoms with Crippen molar-refractivity contribution in [1.82, 2.24) is 9.80 Å². The van der Waals surface area contributed by atoms with Crippen molar-refractivity contribution >= 4 is 0 Å². The number of nitrogens with zero attached hydrogens (tertiary/aromatic N) is 2. The minimum atomic E-state index is 0.0819. The van der Waals surface area contributed by atoms with Crippen LogP contribution in [0.15, 0.2) is 0 Å². The fourth-order valence-corrected chi connectivity index (χ4v) is 3.16. The van der Waals surface area contributed by atoms with E-state index in [9.17, 15) is 0 Å². The van der Waals surface area contributed by atoms with Gasteiger partial charge in [-0.25, -0.2) is 0 Å². The fraction of sp³-hybridized carbons (Fsp3) is 1.00. The van der Waals surface area contributed by atoms with Gasteiger partial charge in [0.05, 0.1) is 12.1 Å². The molecule has 2 rings (SSSR count). The van der Waals surface area contributed by atoms with Crippen molar-refractivity contribution in [3.63, 3.8) is 0 Å². The summed E-state index contributed by atoms with van der Waals surface area (Å²) in [5.74, 6) is 0. The maximum Gasteiger partial charge on any atom is 0.0663 e. The van der Waals surface area contributed by atoms with E-state index in [4.69, 9.17) is 10.5 Å². The van der Waals surface area contributed by atoms with Gasteiger partial charge in [0.2, 0.25) is 0 Å². The first-order chi connectivity index (χ1) is 8.05. The maximum absolute atomic E-state index is 5.99. The Kier molecular flexibility index (Phi) is 3.78. The smallest absolute Gasteiger partial charge is 0.0663 e. The number of hydrogen-bond donors (Lipinski definition) is 1. The molecule has 0 aromatic rings. The van der Waals surface area contributed by atoms with E-state index in [-0.39, 0.29) is 5.54 Å². The van der Waals surface area contributed by atoms with Crippen LogP contribution in [0.1, 0.15) is 25.7 Å². The largest absolute Gasteiger partial charge is 0.379 e. The third kappa shape index (κ3) is 2.24. The molecule has 1 heterocycles. The van der Waals surface area contributed by atoms with E-state index in [0.29, 0.717) is 12.1 Å². The zero-order valence-corrected chi connectivity index (χ0v) is 11.5. The number of nitrogens with two attached hydrogens (primary N) is 1. The first-order valence-corrected chi connectivity index (χ1v) is 6.71.